The Morgan fingerprint density at radius 2 is 0.605 bits per heavy atom. The van der Waals surface area contributed by atoms with Crippen LogP contribution in [0.25, 0.3) is 55.0 Å². The third-order valence-corrected chi connectivity index (χ3v) is 22.0. The largest absolute Gasteiger partial charge is 0.453 e. The van der Waals surface area contributed by atoms with E-state index in [1.54, 1.807) is 0 Å². The summed E-state index contributed by atoms with van der Waals surface area (Å²) in [5, 5.41) is 10.3. The number of anilines is 3. The molecule has 1 aliphatic heterocycles. The molecule has 0 radical (unpaired) electrons. The number of hydrogen-bond acceptors (Lipinski definition) is 2. The molecule has 5 heteroatoms. The van der Waals surface area contributed by atoms with Gasteiger partial charge in [0, 0.05) is 39.4 Å². The van der Waals surface area contributed by atoms with Gasteiger partial charge < -0.3 is 18.8 Å². The van der Waals surface area contributed by atoms with E-state index in [9.17, 15) is 0 Å². The zero-order valence-electron chi connectivity index (χ0n) is 49.1. The predicted octanol–water partition coefficient (Wildman–Crippen LogP) is 18.0. The molecule has 0 N–H and O–H groups in total. The summed E-state index contributed by atoms with van der Waals surface area (Å²) in [6.45, 7) is 27.7. The minimum Gasteiger partial charge on any atom is -0.453 e. The molecule has 12 aromatic rings. The van der Waals surface area contributed by atoms with Crippen LogP contribution in [-0.4, -0.2) is 17.2 Å². The fourth-order valence-corrected chi connectivity index (χ4v) is 17.5. The van der Waals surface area contributed by atoms with Crippen LogP contribution in [0.2, 0.25) is 0 Å². The number of fused-ring (bicyclic) bond motifs is 8. The van der Waals surface area contributed by atoms with Crippen LogP contribution in [0.4, 0.5) is 17.1 Å². The molecule has 0 amide bonds. The maximum absolute atomic E-state index is 7.46. The lowest BCUT2D eigenvalue weighted by Crippen LogP contribution is -2.74. The van der Waals surface area contributed by atoms with Gasteiger partial charge in [-0.3, -0.25) is 0 Å². The summed E-state index contributed by atoms with van der Waals surface area (Å²) >= 11 is 0. The monoisotopic (exact) mass is 1070 g/mol. The van der Waals surface area contributed by atoms with E-state index in [1.807, 2.05) is 0 Å². The highest BCUT2D eigenvalue weighted by Crippen LogP contribution is 2.53. The van der Waals surface area contributed by atoms with Gasteiger partial charge in [-0.15, -0.1) is 0 Å². The topological polar surface area (TPSA) is 22.3 Å². The number of benzene rings is 10. The Morgan fingerprint density at radius 3 is 0.926 bits per heavy atom. The van der Waals surface area contributed by atoms with Gasteiger partial charge in [0.15, 0.2) is 19.6 Å². The summed E-state index contributed by atoms with van der Waals surface area (Å²) in [4.78, 5) is 2.44. The zero-order chi connectivity index (χ0) is 56.4. The van der Waals surface area contributed by atoms with Crippen LogP contribution in [-0.2, 0) is 21.7 Å². The van der Waals surface area contributed by atoms with Gasteiger partial charge in [-0.25, -0.2) is 0 Å². The molecule has 2 aromatic heterocycles. The lowest BCUT2D eigenvalue weighted by molar-refractivity contribution is 0.476. The summed E-state index contributed by atoms with van der Waals surface area (Å²) in [6.07, 6.45) is 0. The second-order valence-corrected chi connectivity index (χ2v) is 30.5. The van der Waals surface area contributed by atoms with Crippen LogP contribution in [0.5, 0.6) is 11.5 Å². The molecule has 402 valence electrons. The van der Waals surface area contributed by atoms with Crippen molar-refractivity contribution in [1.82, 2.24) is 9.13 Å². The molecular formula is C76H73N3OSi. The third-order valence-electron chi connectivity index (χ3n) is 17.3. The molecule has 0 spiro atoms. The Hall–Kier alpha value is -8.38. The molecule has 0 saturated heterocycles. The zero-order valence-corrected chi connectivity index (χ0v) is 50.1. The molecule has 0 bridgehead atoms. The fourth-order valence-electron chi connectivity index (χ4n) is 12.8. The Morgan fingerprint density at radius 1 is 0.284 bits per heavy atom. The number of nitrogens with zero attached hydrogens (tertiary/aromatic N) is 3. The number of rotatable bonds is 7. The van der Waals surface area contributed by atoms with Gasteiger partial charge in [-0.1, -0.05) is 210 Å². The Balaban J connectivity index is 1.06. The van der Waals surface area contributed by atoms with E-state index in [-0.39, 0.29) is 21.7 Å². The van der Waals surface area contributed by atoms with Crippen LogP contribution in [0, 0.1) is 0 Å². The second kappa shape index (κ2) is 18.9. The quantitative estimate of drug-likeness (QED) is 0.117. The SMILES string of the molecule is CC(C)(C)c1ccc2c(c1)c1cc(C(C)(C)C)ccc1n2-c1ccc2c(c1)Oc1cc(-n3c4ccc(C(C)(C)C)cc4c4cc(C(C)(C)C)ccc43)ccc1N2c1cccc([Si](c2ccccc2)(c2ccccc2)c2ccccc2)c1. The van der Waals surface area contributed by atoms with Crippen LogP contribution >= 0.6 is 0 Å². The average molecular weight is 1070 g/mol. The van der Waals surface area contributed by atoms with Gasteiger partial charge in [-0.2, -0.15) is 0 Å². The molecule has 13 rings (SSSR count). The fraction of sp³-hybridized carbons (Fsp3) is 0.211. The van der Waals surface area contributed by atoms with Gasteiger partial charge in [0.1, 0.15) is 0 Å². The van der Waals surface area contributed by atoms with Crippen molar-refractivity contribution in [3.8, 4) is 22.9 Å². The van der Waals surface area contributed by atoms with Crippen molar-refractivity contribution in [3.05, 3.63) is 247 Å². The summed E-state index contributed by atoms with van der Waals surface area (Å²) < 4.78 is 12.3. The van der Waals surface area contributed by atoms with Crippen molar-refractivity contribution in [2.24, 2.45) is 0 Å². The molecule has 0 saturated carbocycles. The van der Waals surface area contributed by atoms with E-state index in [0.717, 1.165) is 39.9 Å². The first-order valence-corrected chi connectivity index (χ1v) is 30.9. The average Bonchev–Trinajstić information content (AvgIpc) is 3.96. The third kappa shape index (κ3) is 8.71. The van der Waals surface area contributed by atoms with Crippen molar-refractivity contribution in [2.75, 3.05) is 4.90 Å². The maximum atomic E-state index is 7.46. The minimum atomic E-state index is -2.90. The summed E-state index contributed by atoms with van der Waals surface area (Å²) in [5.41, 5.74) is 15.1. The standard InChI is InChI=1S/C76H73N3OSi/c1-73(2,3)50-31-37-65-61(43-50)62-44-51(74(4,5)6)32-38-66(62)77(65)55-35-41-69-71(48-55)80-72-49-56(78-67-39-33-52(75(7,8)9)45-63(67)64-46-53(76(10,11)12)34-40-68(64)78)36-42-70(72)79(69)54-23-22-30-60(47-54)81(57-24-16-13-17-25-57,58-26-18-14-19-27-58)59-28-20-15-21-29-59/h13-49H,1-12H3. The first-order valence-electron chi connectivity index (χ1n) is 28.9. The number of aromatic nitrogens is 2. The maximum Gasteiger partial charge on any atom is 0.179 e. The molecular weight excluding hydrogens is 999 g/mol. The second-order valence-electron chi connectivity index (χ2n) is 26.7. The minimum absolute atomic E-state index is 0.00762. The number of hydrogen-bond donors (Lipinski definition) is 0. The van der Waals surface area contributed by atoms with Gasteiger partial charge in [0.05, 0.1) is 44.8 Å². The molecule has 0 aliphatic carbocycles. The van der Waals surface area contributed by atoms with Gasteiger partial charge in [0.25, 0.3) is 0 Å². The van der Waals surface area contributed by atoms with Crippen LogP contribution in [0.15, 0.2) is 224 Å². The summed E-state index contributed by atoms with van der Waals surface area (Å²) in [6, 6.07) is 85.0. The van der Waals surface area contributed by atoms with Crippen LogP contribution < -0.4 is 30.4 Å². The molecule has 10 aromatic carbocycles. The summed E-state index contributed by atoms with van der Waals surface area (Å²) in [7, 11) is -2.90. The van der Waals surface area contributed by atoms with Crippen molar-refractivity contribution in [1.29, 1.82) is 0 Å². The highest BCUT2D eigenvalue weighted by molar-refractivity contribution is 7.19. The van der Waals surface area contributed by atoms with E-state index in [0.29, 0.717) is 0 Å². The molecule has 0 fully saturated rings. The molecule has 81 heavy (non-hydrogen) atoms. The lowest BCUT2D eigenvalue weighted by atomic mass is 9.85. The Bertz CT molecular complexity index is 3970. The van der Waals surface area contributed by atoms with E-state index < -0.39 is 8.07 Å². The van der Waals surface area contributed by atoms with E-state index >= 15 is 0 Å². The normalized spacial score (nSPS) is 13.3. The van der Waals surface area contributed by atoms with Crippen molar-refractivity contribution >= 4 is 89.5 Å². The number of ether oxygens (including phenoxy) is 1. The highest BCUT2D eigenvalue weighted by Gasteiger charge is 2.42. The van der Waals surface area contributed by atoms with Gasteiger partial charge in [-0.05, 0) is 150 Å². The first kappa shape index (κ1) is 52.0. The van der Waals surface area contributed by atoms with Crippen LogP contribution in [0.1, 0.15) is 105 Å². The summed E-state index contributed by atoms with van der Waals surface area (Å²) in [5.74, 6) is 1.58. The van der Waals surface area contributed by atoms with Gasteiger partial charge >= 0.3 is 0 Å². The predicted molar refractivity (Wildman–Crippen MR) is 348 cm³/mol. The smallest absolute Gasteiger partial charge is 0.179 e. The highest BCUT2D eigenvalue weighted by atomic mass is 28.3. The van der Waals surface area contributed by atoms with Gasteiger partial charge in [0.2, 0.25) is 0 Å². The Labute approximate surface area is 479 Å². The van der Waals surface area contributed by atoms with Crippen molar-refractivity contribution < 1.29 is 4.74 Å². The van der Waals surface area contributed by atoms with E-state index in [2.05, 4.69) is 322 Å². The van der Waals surface area contributed by atoms with Crippen LogP contribution in [0.3, 0.4) is 0 Å². The van der Waals surface area contributed by atoms with Crippen molar-refractivity contribution in [2.45, 2.75) is 105 Å². The lowest BCUT2D eigenvalue weighted by Gasteiger charge is -2.37. The van der Waals surface area contributed by atoms with E-state index in [1.165, 1.54) is 86.6 Å². The van der Waals surface area contributed by atoms with E-state index in [4.69, 9.17) is 4.74 Å². The Kier molecular flexibility index (Phi) is 12.1. The molecule has 1 aliphatic rings. The molecule has 0 unspecified atom stereocenters. The first-order chi connectivity index (χ1) is 38.7. The molecule has 4 nitrogen and oxygen atoms in total. The molecule has 0 atom stereocenters. The molecule has 3 heterocycles. The van der Waals surface area contributed by atoms with Crippen molar-refractivity contribution in [3.63, 3.8) is 0 Å².